The van der Waals surface area contributed by atoms with Gasteiger partial charge in [0.05, 0.1) is 2.74 Å². The van der Waals surface area contributed by atoms with Crippen molar-refractivity contribution < 1.29 is 2.74 Å². The van der Waals surface area contributed by atoms with Gasteiger partial charge in [0.15, 0.2) is 0 Å². The standard InChI is InChI=1S/C25H19N/c1-26-24-14-12-20(18-8-4-2-5-9-18)16-22(24)23-17-21(13-15-25(23)26)19-10-6-3-7-11-19/h2-17H,1H3/i12D,13D. The number of fused-ring (bicyclic) bond motifs is 3. The van der Waals surface area contributed by atoms with Gasteiger partial charge in [-0.3, -0.25) is 0 Å². The average molecular weight is 335 g/mol. The number of hydrogen-bond acceptors (Lipinski definition) is 0. The Morgan fingerprint density at radius 2 is 1.00 bits per heavy atom. The normalized spacial score (nSPS) is 12.3. The molecule has 0 saturated heterocycles. The van der Waals surface area contributed by atoms with Gasteiger partial charge in [0.2, 0.25) is 0 Å². The van der Waals surface area contributed by atoms with Crippen molar-refractivity contribution in [2.45, 2.75) is 0 Å². The summed E-state index contributed by atoms with van der Waals surface area (Å²) in [6, 6.07) is 29.3. The highest BCUT2D eigenvalue weighted by molar-refractivity contribution is 6.10. The average Bonchev–Trinajstić information content (AvgIpc) is 2.99. The van der Waals surface area contributed by atoms with Crippen LogP contribution in [0, 0.1) is 0 Å². The van der Waals surface area contributed by atoms with Crippen LogP contribution < -0.4 is 0 Å². The lowest BCUT2D eigenvalue weighted by molar-refractivity contribution is 1.01. The van der Waals surface area contributed by atoms with Gasteiger partial charge in [-0.15, -0.1) is 0 Å². The minimum absolute atomic E-state index is 0.513. The molecular weight excluding hydrogens is 314 g/mol. The highest BCUT2D eigenvalue weighted by Gasteiger charge is 2.10. The van der Waals surface area contributed by atoms with Crippen molar-refractivity contribution in [2.24, 2.45) is 7.05 Å². The second-order valence-corrected chi connectivity index (χ2v) is 6.58. The summed E-state index contributed by atoms with van der Waals surface area (Å²) in [5, 5.41) is 2.23. The predicted octanol–water partition coefficient (Wildman–Crippen LogP) is 6.67. The van der Waals surface area contributed by atoms with E-state index in [0.29, 0.717) is 12.1 Å². The molecule has 0 saturated carbocycles. The van der Waals surface area contributed by atoms with E-state index in [1.54, 1.807) is 0 Å². The summed E-state index contributed by atoms with van der Waals surface area (Å²) in [5.41, 5.74) is 5.99. The van der Waals surface area contributed by atoms with Crippen LogP contribution in [0.15, 0.2) is 97.0 Å². The Morgan fingerprint density at radius 1 is 0.577 bits per heavy atom. The molecule has 4 aromatic carbocycles. The summed E-state index contributed by atoms with van der Waals surface area (Å²) in [6.45, 7) is 0. The Hall–Kier alpha value is -3.32. The monoisotopic (exact) mass is 335 g/mol. The topological polar surface area (TPSA) is 4.93 Å². The first-order valence-corrected chi connectivity index (χ1v) is 8.78. The van der Waals surface area contributed by atoms with Crippen molar-refractivity contribution in [3.05, 3.63) is 97.0 Å². The number of hydrogen-bond donors (Lipinski definition) is 0. The van der Waals surface area contributed by atoms with Crippen molar-refractivity contribution in [3.63, 3.8) is 0 Å². The summed E-state index contributed by atoms with van der Waals surface area (Å²) >= 11 is 0. The third-order valence-electron chi connectivity index (χ3n) is 5.04. The van der Waals surface area contributed by atoms with Crippen molar-refractivity contribution >= 4 is 21.8 Å². The van der Waals surface area contributed by atoms with Crippen LogP contribution in [0.2, 0.25) is 0 Å². The van der Waals surface area contributed by atoms with Crippen LogP contribution in [0.1, 0.15) is 2.74 Å². The van der Waals surface area contributed by atoms with Gasteiger partial charge < -0.3 is 4.57 Å². The van der Waals surface area contributed by atoms with Gasteiger partial charge in [-0.25, -0.2) is 0 Å². The molecular formula is C25H19N. The van der Waals surface area contributed by atoms with Gasteiger partial charge >= 0.3 is 0 Å². The molecule has 124 valence electrons. The van der Waals surface area contributed by atoms with E-state index < -0.39 is 0 Å². The van der Waals surface area contributed by atoms with Crippen LogP contribution in [0.25, 0.3) is 44.1 Å². The number of rotatable bonds is 2. The molecule has 0 N–H and O–H groups in total. The summed E-state index contributed by atoms with van der Waals surface area (Å²) in [5.74, 6) is 0. The van der Waals surface area contributed by atoms with E-state index in [-0.39, 0.29) is 0 Å². The lowest BCUT2D eigenvalue weighted by Gasteiger charge is -2.03. The highest BCUT2D eigenvalue weighted by Crippen LogP contribution is 2.34. The number of aromatic nitrogens is 1. The predicted molar refractivity (Wildman–Crippen MR) is 111 cm³/mol. The number of aryl methyl sites for hydroxylation is 1. The van der Waals surface area contributed by atoms with E-state index in [9.17, 15) is 0 Å². The first kappa shape index (κ1) is 13.0. The maximum Gasteiger partial charge on any atom is 0.0630 e. The molecule has 0 unspecified atom stereocenters. The van der Waals surface area contributed by atoms with E-state index in [1.807, 2.05) is 79.8 Å². The van der Waals surface area contributed by atoms with E-state index in [0.717, 1.165) is 44.1 Å². The maximum atomic E-state index is 8.53. The summed E-state index contributed by atoms with van der Waals surface area (Å²) in [6.07, 6.45) is 0. The van der Waals surface area contributed by atoms with Crippen LogP contribution >= 0.6 is 0 Å². The van der Waals surface area contributed by atoms with E-state index in [1.165, 1.54) is 0 Å². The van der Waals surface area contributed by atoms with Gasteiger partial charge in [-0.2, -0.15) is 0 Å². The molecule has 0 aliphatic carbocycles. The molecule has 1 heterocycles. The Labute approximate surface area is 156 Å². The molecule has 1 aromatic heterocycles. The van der Waals surface area contributed by atoms with Gasteiger partial charge in [0, 0.05) is 28.9 Å². The molecule has 0 aliphatic rings. The summed E-state index contributed by atoms with van der Waals surface area (Å²) < 4.78 is 19.1. The van der Waals surface area contributed by atoms with Gasteiger partial charge in [-0.05, 0) is 46.5 Å². The van der Waals surface area contributed by atoms with E-state index >= 15 is 0 Å². The largest absolute Gasteiger partial charge is 0.344 e. The zero-order valence-electron chi connectivity index (χ0n) is 16.5. The lowest BCUT2D eigenvalue weighted by atomic mass is 10.0. The van der Waals surface area contributed by atoms with Crippen LogP contribution in [-0.4, -0.2) is 4.57 Å². The molecule has 5 aromatic rings. The fraction of sp³-hybridized carbons (Fsp3) is 0.0400. The Bertz CT molecular complexity index is 1220. The Kier molecular flexibility index (Phi) is 2.94. The third kappa shape index (κ3) is 2.33. The van der Waals surface area contributed by atoms with Gasteiger partial charge in [0.1, 0.15) is 0 Å². The molecule has 0 fully saturated rings. The molecule has 26 heavy (non-hydrogen) atoms. The van der Waals surface area contributed by atoms with Crippen molar-refractivity contribution in [2.75, 3.05) is 0 Å². The zero-order valence-corrected chi connectivity index (χ0v) is 14.5. The first-order valence-electron chi connectivity index (χ1n) is 9.78. The Morgan fingerprint density at radius 3 is 1.42 bits per heavy atom. The quantitative estimate of drug-likeness (QED) is 0.340. The second kappa shape index (κ2) is 5.89. The number of nitrogens with zero attached hydrogens (tertiary/aromatic N) is 1. The van der Waals surface area contributed by atoms with Crippen molar-refractivity contribution in [1.29, 1.82) is 0 Å². The second-order valence-electron chi connectivity index (χ2n) is 6.58. The molecule has 1 heteroatoms. The highest BCUT2D eigenvalue weighted by atomic mass is 14.9. The van der Waals surface area contributed by atoms with Crippen LogP contribution in [-0.2, 0) is 7.05 Å². The van der Waals surface area contributed by atoms with E-state index in [2.05, 4.69) is 16.7 Å². The van der Waals surface area contributed by atoms with Crippen molar-refractivity contribution in [3.8, 4) is 22.3 Å². The molecule has 0 radical (unpaired) electrons. The third-order valence-corrected chi connectivity index (χ3v) is 5.04. The molecule has 1 nitrogen and oxygen atoms in total. The fourth-order valence-corrected chi connectivity index (χ4v) is 3.65. The first-order chi connectivity index (χ1) is 13.6. The summed E-state index contributed by atoms with van der Waals surface area (Å²) in [4.78, 5) is 0. The van der Waals surface area contributed by atoms with Crippen LogP contribution in [0.5, 0.6) is 0 Å². The molecule has 0 atom stereocenters. The number of benzene rings is 4. The molecule has 0 amide bonds. The lowest BCUT2D eigenvalue weighted by Crippen LogP contribution is -1.86. The minimum Gasteiger partial charge on any atom is -0.344 e. The molecule has 5 rings (SSSR count). The van der Waals surface area contributed by atoms with Gasteiger partial charge in [0.25, 0.3) is 0 Å². The molecule has 0 spiro atoms. The molecule has 0 bridgehead atoms. The van der Waals surface area contributed by atoms with Crippen molar-refractivity contribution in [1.82, 2.24) is 4.57 Å². The SMILES string of the molecule is [2H]c1cc2c(cc1-c1ccccc1)c1cc(-c3ccccc3)c([2H])cc1n2C. The van der Waals surface area contributed by atoms with E-state index in [4.69, 9.17) is 2.74 Å². The maximum absolute atomic E-state index is 8.53. The van der Waals surface area contributed by atoms with Crippen LogP contribution in [0.3, 0.4) is 0 Å². The minimum atomic E-state index is 0.513. The zero-order chi connectivity index (χ0) is 19.3. The Balaban J connectivity index is 1.84. The van der Waals surface area contributed by atoms with Gasteiger partial charge in [-0.1, -0.05) is 72.7 Å². The molecule has 0 aliphatic heterocycles. The smallest absolute Gasteiger partial charge is 0.0630 e. The van der Waals surface area contributed by atoms with Crippen LogP contribution in [0.4, 0.5) is 0 Å². The fourth-order valence-electron chi connectivity index (χ4n) is 3.65. The summed E-state index contributed by atoms with van der Waals surface area (Å²) in [7, 11) is 2.01.